The highest BCUT2D eigenvalue weighted by Gasteiger charge is 2.25. The molecule has 1 heterocycles. The number of nitrogens with one attached hydrogen (secondary N) is 1. The van der Waals surface area contributed by atoms with Crippen LogP contribution in [0, 0.1) is 6.92 Å². The molecule has 2 amide bonds. The minimum Gasteiger partial charge on any atom is -0.452 e. The summed E-state index contributed by atoms with van der Waals surface area (Å²) in [5.74, 6) is -1.20. The van der Waals surface area contributed by atoms with Crippen LogP contribution < -0.4 is 5.32 Å². The number of ether oxygens (including phenoxy) is 1. The lowest BCUT2D eigenvalue weighted by Gasteiger charge is -2.17. The maximum absolute atomic E-state index is 12.7. The van der Waals surface area contributed by atoms with E-state index in [0.717, 1.165) is 28.8 Å². The molecule has 1 aliphatic carbocycles. The molecule has 0 saturated heterocycles. The highest BCUT2D eigenvalue weighted by Crippen LogP contribution is 2.24. The van der Waals surface area contributed by atoms with E-state index in [9.17, 15) is 14.4 Å². The van der Waals surface area contributed by atoms with E-state index in [2.05, 4.69) is 5.32 Å². The van der Waals surface area contributed by atoms with E-state index in [0.29, 0.717) is 5.57 Å². The maximum atomic E-state index is 12.7. The summed E-state index contributed by atoms with van der Waals surface area (Å²) in [7, 11) is 1.52. The van der Waals surface area contributed by atoms with Gasteiger partial charge in [-0.05, 0) is 42.9 Å². The van der Waals surface area contributed by atoms with Gasteiger partial charge in [-0.1, -0.05) is 35.9 Å². The van der Waals surface area contributed by atoms with Gasteiger partial charge in [0.05, 0.1) is 12.1 Å². The Morgan fingerprint density at radius 2 is 2.03 bits per heavy atom. The molecule has 3 rings (SSSR count). The quantitative estimate of drug-likeness (QED) is 0.534. The summed E-state index contributed by atoms with van der Waals surface area (Å²) in [5, 5.41) is 4.70. The Hall–Kier alpha value is -2.93. The minimum absolute atomic E-state index is 0.0518. The lowest BCUT2D eigenvalue weighted by atomic mass is 10.1. The molecule has 2 aromatic rings. The number of carbonyl (C=O) groups excluding carboxylic acids is 3. The number of esters is 1. The summed E-state index contributed by atoms with van der Waals surface area (Å²) in [4.78, 5) is 38.8. The normalized spacial score (nSPS) is 13.7. The third kappa shape index (κ3) is 6.29. The molecule has 1 aromatic carbocycles. The number of rotatable bonds is 8. The molecule has 152 valence electrons. The standard InChI is InChI=1S/C22H24N2O4S/c1-15-5-3-6-16(11-15)12-18(19-7-4-10-29-19)22(27)28-14-21(26)24(2)13-20(25)23-17-8-9-17/h3-7,10-12,17H,8-9,13-14H2,1-2H3,(H,23,25)/b18-12+. The summed E-state index contributed by atoms with van der Waals surface area (Å²) in [6.07, 6.45) is 3.73. The molecule has 1 N–H and O–H groups in total. The average molecular weight is 413 g/mol. The first kappa shape index (κ1) is 20.8. The molecule has 1 aromatic heterocycles. The van der Waals surface area contributed by atoms with Crippen LogP contribution in [-0.4, -0.2) is 48.9 Å². The first-order valence-corrected chi connectivity index (χ1v) is 10.3. The third-order valence-electron chi connectivity index (χ3n) is 4.44. The van der Waals surface area contributed by atoms with E-state index >= 15 is 0 Å². The second-order valence-electron chi connectivity index (χ2n) is 7.12. The highest BCUT2D eigenvalue weighted by atomic mass is 32.1. The number of likely N-dealkylation sites (N-methyl/N-ethyl adjacent to an activating group) is 1. The van der Waals surface area contributed by atoms with Crippen molar-refractivity contribution in [2.24, 2.45) is 0 Å². The summed E-state index contributed by atoms with van der Waals surface area (Å²) in [6.45, 7) is 1.51. The fourth-order valence-corrected chi connectivity index (χ4v) is 3.44. The van der Waals surface area contributed by atoms with Crippen LogP contribution in [0.2, 0.25) is 0 Å². The van der Waals surface area contributed by atoms with Crippen molar-refractivity contribution in [2.75, 3.05) is 20.2 Å². The number of hydrogen-bond donors (Lipinski definition) is 1. The van der Waals surface area contributed by atoms with Crippen molar-refractivity contribution in [1.82, 2.24) is 10.2 Å². The van der Waals surface area contributed by atoms with Crippen LogP contribution in [0.15, 0.2) is 41.8 Å². The lowest BCUT2D eigenvalue weighted by molar-refractivity contribution is -0.147. The van der Waals surface area contributed by atoms with Gasteiger partial charge < -0.3 is 15.0 Å². The Morgan fingerprint density at radius 1 is 1.24 bits per heavy atom. The molecule has 1 fully saturated rings. The van der Waals surface area contributed by atoms with Gasteiger partial charge in [0.15, 0.2) is 6.61 Å². The van der Waals surface area contributed by atoms with Gasteiger partial charge in [0.1, 0.15) is 0 Å². The lowest BCUT2D eigenvalue weighted by Crippen LogP contribution is -2.40. The summed E-state index contributed by atoms with van der Waals surface area (Å²) in [6, 6.07) is 11.7. The van der Waals surface area contributed by atoms with Crippen molar-refractivity contribution in [2.45, 2.75) is 25.8 Å². The van der Waals surface area contributed by atoms with Crippen molar-refractivity contribution < 1.29 is 19.1 Å². The molecule has 1 aliphatic rings. The summed E-state index contributed by atoms with van der Waals surface area (Å²) >= 11 is 1.43. The Bertz CT molecular complexity index is 917. The zero-order valence-corrected chi connectivity index (χ0v) is 17.3. The minimum atomic E-state index is -0.571. The van der Waals surface area contributed by atoms with E-state index in [-0.39, 0.29) is 18.5 Å². The van der Waals surface area contributed by atoms with Crippen molar-refractivity contribution >= 4 is 40.8 Å². The average Bonchev–Trinajstić information content (AvgIpc) is 3.32. The molecule has 0 radical (unpaired) electrons. The molecule has 0 spiro atoms. The molecule has 0 aliphatic heterocycles. The molecule has 0 bridgehead atoms. The highest BCUT2D eigenvalue weighted by molar-refractivity contribution is 7.11. The van der Waals surface area contributed by atoms with Crippen LogP contribution in [-0.2, 0) is 19.1 Å². The van der Waals surface area contributed by atoms with Crippen LogP contribution in [0.1, 0.15) is 28.8 Å². The molecular formula is C22H24N2O4S. The topological polar surface area (TPSA) is 75.7 Å². The van der Waals surface area contributed by atoms with Gasteiger partial charge in [0, 0.05) is 18.0 Å². The second kappa shape index (κ2) is 9.52. The Labute approximate surface area is 174 Å². The first-order chi connectivity index (χ1) is 13.9. The largest absolute Gasteiger partial charge is 0.452 e. The number of hydrogen-bond acceptors (Lipinski definition) is 5. The van der Waals surface area contributed by atoms with E-state index in [1.807, 2.05) is 48.7 Å². The fraction of sp³-hybridized carbons (Fsp3) is 0.318. The van der Waals surface area contributed by atoms with Gasteiger partial charge in [-0.25, -0.2) is 4.79 Å². The van der Waals surface area contributed by atoms with Gasteiger partial charge in [-0.15, -0.1) is 11.3 Å². The van der Waals surface area contributed by atoms with E-state index in [1.54, 1.807) is 6.08 Å². The van der Waals surface area contributed by atoms with Crippen LogP contribution in [0.4, 0.5) is 0 Å². The van der Waals surface area contributed by atoms with Gasteiger partial charge in [-0.2, -0.15) is 0 Å². The second-order valence-corrected chi connectivity index (χ2v) is 8.06. The van der Waals surface area contributed by atoms with Gasteiger partial charge in [-0.3, -0.25) is 9.59 Å². The molecule has 6 nitrogen and oxygen atoms in total. The monoisotopic (exact) mass is 412 g/mol. The Kier molecular flexibility index (Phi) is 6.82. The van der Waals surface area contributed by atoms with Crippen molar-refractivity contribution in [3.63, 3.8) is 0 Å². The van der Waals surface area contributed by atoms with Crippen LogP contribution in [0.3, 0.4) is 0 Å². The van der Waals surface area contributed by atoms with E-state index in [4.69, 9.17) is 4.74 Å². The first-order valence-electron chi connectivity index (χ1n) is 9.45. The number of nitrogens with zero attached hydrogens (tertiary/aromatic N) is 1. The zero-order valence-electron chi connectivity index (χ0n) is 16.5. The Morgan fingerprint density at radius 3 is 2.69 bits per heavy atom. The third-order valence-corrected chi connectivity index (χ3v) is 5.34. The maximum Gasteiger partial charge on any atom is 0.340 e. The van der Waals surface area contributed by atoms with Crippen LogP contribution in [0.5, 0.6) is 0 Å². The molecule has 7 heteroatoms. The Balaban J connectivity index is 1.62. The van der Waals surface area contributed by atoms with Gasteiger partial charge in [0.25, 0.3) is 5.91 Å². The van der Waals surface area contributed by atoms with Crippen LogP contribution >= 0.6 is 11.3 Å². The molecule has 0 unspecified atom stereocenters. The number of benzene rings is 1. The van der Waals surface area contributed by atoms with E-state index < -0.39 is 18.5 Å². The number of amides is 2. The van der Waals surface area contributed by atoms with Crippen molar-refractivity contribution in [1.29, 1.82) is 0 Å². The number of thiophene rings is 1. The van der Waals surface area contributed by atoms with Gasteiger partial charge in [0.2, 0.25) is 5.91 Å². The van der Waals surface area contributed by atoms with Crippen LogP contribution in [0.25, 0.3) is 11.6 Å². The smallest absolute Gasteiger partial charge is 0.340 e. The van der Waals surface area contributed by atoms with Gasteiger partial charge >= 0.3 is 5.97 Å². The van der Waals surface area contributed by atoms with Crippen molar-refractivity contribution in [3.05, 3.63) is 57.8 Å². The van der Waals surface area contributed by atoms with E-state index in [1.165, 1.54) is 23.3 Å². The number of carbonyl (C=O) groups is 3. The molecular weight excluding hydrogens is 388 g/mol. The SMILES string of the molecule is Cc1cccc(/C=C(/C(=O)OCC(=O)N(C)CC(=O)NC2CC2)c2cccs2)c1. The predicted molar refractivity (Wildman–Crippen MR) is 113 cm³/mol. The van der Waals surface area contributed by atoms with Crippen molar-refractivity contribution in [3.8, 4) is 0 Å². The summed E-state index contributed by atoms with van der Waals surface area (Å²) < 4.78 is 5.26. The number of aryl methyl sites for hydroxylation is 1. The predicted octanol–water partition coefficient (Wildman–Crippen LogP) is 2.88. The molecule has 0 atom stereocenters. The molecule has 1 saturated carbocycles. The summed E-state index contributed by atoms with van der Waals surface area (Å²) in [5.41, 5.74) is 2.36. The zero-order chi connectivity index (χ0) is 20.8. The fourth-order valence-electron chi connectivity index (χ4n) is 2.71. The molecule has 29 heavy (non-hydrogen) atoms.